The zero-order valence-electron chi connectivity index (χ0n) is 25.2. The van der Waals surface area contributed by atoms with Crippen molar-refractivity contribution < 1.29 is 23.8 Å². The number of fused-ring (bicyclic) bond motifs is 2. The maximum atomic E-state index is 14.8. The second-order valence-electron chi connectivity index (χ2n) is 11.8. The molecule has 0 radical (unpaired) electrons. The maximum Gasteiger partial charge on any atom is 0.335 e. The quantitative estimate of drug-likeness (QED) is 0.160. The number of hydrazine groups is 1. The summed E-state index contributed by atoms with van der Waals surface area (Å²) in [5.74, 6) is 5.27. The highest BCUT2D eigenvalue weighted by Crippen LogP contribution is 2.49. The molecule has 3 aromatic carbocycles. The third kappa shape index (κ3) is 6.28. The first-order chi connectivity index (χ1) is 21.5. The summed E-state index contributed by atoms with van der Waals surface area (Å²) < 4.78 is 29.4. The molecule has 6 rings (SSSR count). The molecule has 1 saturated heterocycles. The molecule has 3 heterocycles. The number of benzene rings is 3. The van der Waals surface area contributed by atoms with Crippen LogP contribution in [0, 0.1) is 5.82 Å². The number of aromatic nitrogens is 2. The summed E-state index contributed by atoms with van der Waals surface area (Å²) in [4.78, 5) is 18.9. The number of carboxylic acid groups (broad SMARTS) is 1. The standard InChI is InChI=1S/C33H36ClFN6O4/c1-33(25-8-7-22(34)17-26(25)35)44-29-5-3-4-24(31(29)45-33)20-10-13-40(14-11-20)19-30-38-27-9-6-21(32(42)43)16-28(27)41(30)15-12-23(36)18-39(2)37/h3-9,16-18,20H,10-15,19,36-37H2,1-2H3,(H,42,43)/b23-18-. The lowest BCUT2D eigenvalue weighted by Crippen LogP contribution is -2.34. The lowest BCUT2D eigenvalue weighted by Gasteiger charge is -2.32. The third-order valence-corrected chi connectivity index (χ3v) is 8.73. The summed E-state index contributed by atoms with van der Waals surface area (Å²) in [6.45, 7) is 4.49. The molecule has 4 aromatic rings. The molecule has 45 heavy (non-hydrogen) atoms. The summed E-state index contributed by atoms with van der Waals surface area (Å²) in [5, 5.41) is 11.3. The van der Waals surface area contributed by atoms with Crippen LogP contribution in [-0.4, -0.2) is 50.7 Å². The number of allylic oxidation sites excluding steroid dienone is 1. The van der Waals surface area contributed by atoms with E-state index in [2.05, 4.69) is 15.5 Å². The Morgan fingerprint density at radius 2 is 1.98 bits per heavy atom. The van der Waals surface area contributed by atoms with Crippen LogP contribution in [0.2, 0.25) is 5.02 Å². The molecule has 2 aliphatic rings. The number of hydrogen-bond acceptors (Lipinski definition) is 8. The number of piperidine rings is 1. The Hall–Kier alpha value is -4.32. The van der Waals surface area contributed by atoms with Gasteiger partial charge in [-0.1, -0.05) is 23.7 Å². The van der Waals surface area contributed by atoms with Gasteiger partial charge < -0.3 is 29.9 Å². The molecule has 0 amide bonds. The first kappa shape index (κ1) is 30.7. The van der Waals surface area contributed by atoms with Crippen molar-refractivity contribution in [2.45, 2.75) is 51.0 Å². The van der Waals surface area contributed by atoms with Crippen LogP contribution in [0.5, 0.6) is 11.5 Å². The molecule has 10 nitrogen and oxygen atoms in total. The van der Waals surface area contributed by atoms with Gasteiger partial charge in [0.2, 0.25) is 0 Å². The van der Waals surface area contributed by atoms with Gasteiger partial charge in [-0.25, -0.2) is 20.0 Å². The molecule has 0 bridgehead atoms. The number of para-hydroxylation sites is 1. The van der Waals surface area contributed by atoms with Crippen LogP contribution in [-0.2, 0) is 18.9 Å². The number of aromatic carboxylic acids is 1. The van der Waals surface area contributed by atoms with Crippen molar-refractivity contribution in [3.8, 4) is 11.5 Å². The van der Waals surface area contributed by atoms with Crippen molar-refractivity contribution in [3.05, 3.63) is 99.8 Å². The van der Waals surface area contributed by atoms with E-state index in [1.807, 2.05) is 12.1 Å². The maximum absolute atomic E-state index is 14.8. The highest BCUT2D eigenvalue weighted by Gasteiger charge is 2.43. The predicted octanol–water partition coefficient (Wildman–Crippen LogP) is 5.55. The molecular weight excluding hydrogens is 599 g/mol. The zero-order valence-corrected chi connectivity index (χ0v) is 25.9. The Morgan fingerprint density at radius 1 is 1.20 bits per heavy atom. The summed E-state index contributed by atoms with van der Waals surface area (Å²) >= 11 is 5.97. The summed E-state index contributed by atoms with van der Waals surface area (Å²) in [6.07, 6.45) is 3.96. The number of nitrogens with two attached hydrogens (primary N) is 2. The second kappa shape index (κ2) is 12.2. The van der Waals surface area contributed by atoms with E-state index in [1.54, 1.807) is 50.5 Å². The zero-order chi connectivity index (χ0) is 31.9. The lowest BCUT2D eigenvalue weighted by molar-refractivity contribution is -0.0712. The summed E-state index contributed by atoms with van der Waals surface area (Å²) in [6, 6.07) is 15.3. The molecule has 1 aromatic heterocycles. The van der Waals surface area contributed by atoms with E-state index in [9.17, 15) is 14.3 Å². The molecule has 1 unspecified atom stereocenters. The van der Waals surface area contributed by atoms with Crippen molar-refractivity contribution in [1.82, 2.24) is 19.5 Å². The highest BCUT2D eigenvalue weighted by molar-refractivity contribution is 6.30. The number of rotatable bonds is 9. The van der Waals surface area contributed by atoms with Crippen molar-refractivity contribution in [2.75, 3.05) is 20.1 Å². The predicted molar refractivity (Wildman–Crippen MR) is 169 cm³/mol. The third-order valence-electron chi connectivity index (χ3n) is 8.49. The molecule has 1 atom stereocenters. The van der Waals surface area contributed by atoms with Crippen molar-refractivity contribution in [3.63, 3.8) is 0 Å². The fraction of sp³-hybridized carbons (Fsp3) is 0.333. The van der Waals surface area contributed by atoms with E-state index in [0.717, 1.165) is 48.4 Å². The topological polar surface area (TPSA) is 132 Å². The van der Waals surface area contributed by atoms with E-state index in [0.29, 0.717) is 41.7 Å². The molecule has 236 valence electrons. The minimum Gasteiger partial charge on any atom is -0.478 e. The number of carbonyl (C=O) groups is 1. The molecule has 0 spiro atoms. The largest absolute Gasteiger partial charge is 0.478 e. The minimum atomic E-state index is -1.30. The van der Waals surface area contributed by atoms with Crippen molar-refractivity contribution in [1.29, 1.82) is 0 Å². The molecule has 1 fully saturated rings. The fourth-order valence-corrected chi connectivity index (χ4v) is 6.44. The van der Waals surface area contributed by atoms with Gasteiger partial charge in [0.15, 0.2) is 11.5 Å². The normalized spacial score (nSPS) is 18.9. The molecule has 5 N–H and O–H groups in total. The summed E-state index contributed by atoms with van der Waals surface area (Å²) in [5.41, 5.74) is 9.82. The average Bonchev–Trinajstić information content (AvgIpc) is 3.52. The van der Waals surface area contributed by atoms with Crippen LogP contribution in [0.4, 0.5) is 4.39 Å². The van der Waals surface area contributed by atoms with Crippen LogP contribution < -0.4 is 21.1 Å². The van der Waals surface area contributed by atoms with Gasteiger partial charge in [0, 0.05) is 49.4 Å². The number of halogens is 2. The SMILES string of the molecule is CN(N)/C=C(\N)CCn1c(CN2CCC(c3cccc4c3OC(C)(c3ccc(Cl)cc3F)O4)CC2)nc2ccc(C(=O)O)cc21. The van der Waals surface area contributed by atoms with Crippen molar-refractivity contribution >= 4 is 28.6 Å². The Morgan fingerprint density at radius 3 is 2.69 bits per heavy atom. The molecule has 0 aliphatic carbocycles. The Labute approximate surface area is 265 Å². The fourth-order valence-electron chi connectivity index (χ4n) is 6.28. The monoisotopic (exact) mass is 634 g/mol. The number of likely N-dealkylation sites (tertiary alicyclic amines) is 1. The number of ether oxygens (including phenoxy) is 2. The highest BCUT2D eigenvalue weighted by atomic mass is 35.5. The Balaban J connectivity index is 1.18. The average molecular weight is 635 g/mol. The first-order valence-corrected chi connectivity index (χ1v) is 15.2. The number of aryl methyl sites for hydroxylation is 1. The first-order valence-electron chi connectivity index (χ1n) is 14.9. The van der Waals surface area contributed by atoms with Gasteiger partial charge in [-0.2, -0.15) is 0 Å². The van der Waals surface area contributed by atoms with Gasteiger partial charge >= 0.3 is 5.97 Å². The molecule has 12 heteroatoms. The van der Waals surface area contributed by atoms with E-state index in [4.69, 9.17) is 37.6 Å². The number of imidazole rings is 1. The van der Waals surface area contributed by atoms with Gasteiger partial charge in [-0.15, -0.1) is 0 Å². The lowest BCUT2D eigenvalue weighted by atomic mass is 9.88. The minimum absolute atomic E-state index is 0.206. The van der Waals surface area contributed by atoms with Crippen LogP contribution in [0.15, 0.2) is 66.5 Å². The molecule has 2 aliphatic heterocycles. The summed E-state index contributed by atoms with van der Waals surface area (Å²) in [7, 11) is 1.70. The van der Waals surface area contributed by atoms with Gasteiger partial charge in [0.1, 0.15) is 11.6 Å². The molecule has 0 saturated carbocycles. The van der Waals surface area contributed by atoms with Gasteiger partial charge in [-0.3, -0.25) is 4.90 Å². The second-order valence-corrected chi connectivity index (χ2v) is 12.2. The van der Waals surface area contributed by atoms with Crippen LogP contribution in [0.1, 0.15) is 59.4 Å². The van der Waals surface area contributed by atoms with Crippen LogP contribution in [0.3, 0.4) is 0 Å². The van der Waals surface area contributed by atoms with E-state index in [1.165, 1.54) is 11.1 Å². The van der Waals surface area contributed by atoms with Crippen LogP contribution in [0.25, 0.3) is 11.0 Å². The van der Waals surface area contributed by atoms with Crippen molar-refractivity contribution in [2.24, 2.45) is 11.6 Å². The van der Waals surface area contributed by atoms with E-state index < -0.39 is 17.6 Å². The molecular formula is C33H36ClFN6O4. The van der Waals surface area contributed by atoms with Gasteiger partial charge in [0.05, 0.1) is 28.7 Å². The Kier molecular flexibility index (Phi) is 8.34. The Bertz CT molecular complexity index is 1780. The van der Waals surface area contributed by atoms with E-state index >= 15 is 0 Å². The van der Waals surface area contributed by atoms with E-state index in [-0.39, 0.29) is 17.0 Å². The smallest absolute Gasteiger partial charge is 0.335 e. The number of hydrogen-bond donors (Lipinski definition) is 3. The van der Waals surface area contributed by atoms with Gasteiger partial charge in [0.25, 0.3) is 5.79 Å². The van der Waals surface area contributed by atoms with Crippen LogP contribution >= 0.6 is 11.6 Å². The number of nitrogens with zero attached hydrogens (tertiary/aromatic N) is 4. The van der Waals surface area contributed by atoms with Gasteiger partial charge in [-0.05, 0) is 74.3 Å². The number of carboxylic acids is 1.